The van der Waals surface area contributed by atoms with Gasteiger partial charge in [-0.3, -0.25) is 4.98 Å². The summed E-state index contributed by atoms with van der Waals surface area (Å²) in [6.07, 6.45) is 7.54. The summed E-state index contributed by atoms with van der Waals surface area (Å²) < 4.78 is 1.02. The van der Waals surface area contributed by atoms with Gasteiger partial charge in [0.15, 0.2) is 0 Å². The summed E-state index contributed by atoms with van der Waals surface area (Å²) in [4.78, 5) is 35.0. The van der Waals surface area contributed by atoms with Crippen molar-refractivity contribution in [3.8, 4) is 0 Å². The normalized spacial score (nSPS) is 19.1. The number of carbonyl (C=O) groups excluding carboxylic acids is 1. The zero-order chi connectivity index (χ0) is 30.6. The second-order valence-corrected chi connectivity index (χ2v) is 12.1. The average molecular weight is 639 g/mol. The van der Waals surface area contributed by atoms with Crippen LogP contribution in [0.25, 0.3) is 0 Å². The first-order chi connectivity index (χ1) is 20.3. The Morgan fingerprint density at radius 3 is 2.31 bits per heavy atom. The molecule has 2 fully saturated rings. The van der Waals surface area contributed by atoms with E-state index in [1.54, 1.807) is 0 Å². The molecule has 3 heterocycles. The van der Waals surface area contributed by atoms with Crippen LogP contribution in [0.15, 0.2) is 40.0 Å². The molecule has 1 aliphatic carbocycles. The molecule has 1 aromatic carbocycles. The van der Waals surface area contributed by atoms with Crippen molar-refractivity contribution in [3.05, 3.63) is 67.8 Å². The van der Waals surface area contributed by atoms with Crippen LogP contribution in [-0.2, 0) is 17.6 Å². The Balaban J connectivity index is 0.000000910. The topological polar surface area (TPSA) is 95.1 Å². The molecule has 228 valence electrons. The van der Waals surface area contributed by atoms with E-state index in [1.807, 2.05) is 29.8 Å². The van der Waals surface area contributed by atoms with Crippen molar-refractivity contribution in [2.75, 3.05) is 39.3 Å². The van der Waals surface area contributed by atoms with Gasteiger partial charge < -0.3 is 0 Å². The molecule has 0 radical (unpaired) electrons. The summed E-state index contributed by atoms with van der Waals surface area (Å²) in [6.45, 7) is 15.1. The molecule has 5 rings (SSSR count). The fraction of sp³-hybridized carbons (Fsp3) is 0.594. The third kappa shape index (κ3) is 8.72. The molecule has 10 heteroatoms. The number of halogens is 1. The fourth-order valence-corrected chi connectivity index (χ4v) is 6.46. The number of piperazine rings is 1. The van der Waals surface area contributed by atoms with E-state index in [0.717, 1.165) is 82.2 Å². The Morgan fingerprint density at radius 1 is 1.02 bits per heavy atom. The van der Waals surface area contributed by atoms with Gasteiger partial charge in [-0.05, 0) is 58.5 Å². The van der Waals surface area contributed by atoms with E-state index in [-0.39, 0.29) is 11.9 Å². The predicted octanol–water partition coefficient (Wildman–Crippen LogP) is 5.46. The molecule has 0 saturated carbocycles. The number of nitrogens with two attached hydrogens (primary N) is 1. The average Bonchev–Trinajstić information content (AvgIpc) is 3.15. The number of pyridine rings is 1. The molecular formula is C32H48BBrN6O2. The third-order valence-electron chi connectivity index (χ3n) is 8.14. The van der Waals surface area contributed by atoms with Crippen LogP contribution in [0.4, 0.5) is 0 Å². The number of aromatic nitrogens is 1. The molecule has 2 aliphatic heterocycles. The summed E-state index contributed by atoms with van der Waals surface area (Å²) in [5.74, 6) is 0.598. The standard InChI is InChI=1S/C27H34BBrN6O2.C3H8.C2H6/c1-18-2-5-23-20(14-18)3-4-21-16-22(29)17-31-25(21)26(23)34-12-10-33(11-13-34)24(36)15-19-6-8-35(9-7-19)27(30)28-32-37;1-3-2;1-2/h2,5,14,16-17,19,26H,3-4,6-13,15,30H2,1H3;3H2,1-2H3;1-2H3. The first kappa shape index (κ1) is 33.9. The molecule has 3 aliphatic rings. The zero-order valence-electron chi connectivity index (χ0n) is 26.1. The number of nitroso groups, excluding NO2 is 1. The number of fused-ring (bicyclic) bond motifs is 2. The number of hydrogen-bond acceptors (Lipinski definition) is 7. The molecule has 8 nitrogen and oxygen atoms in total. The van der Waals surface area contributed by atoms with E-state index in [4.69, 9.17) is 10.7 Å². The van der Waals surface area contributed by atoms with Gasteiger partial charge in [-0.1, -0.05) is 57.9 Å². The van der Waals surface area contributed by atoms with Gasteiger partial charge in [-0.2, -0.15) is 0 Å². The van der Waals surface area contributed by atoms with Gasteiger partial charge in [-0.25, -0.2) is 0 Å². The van der Waals surface area contributed by atoms with E-state index in [1.165, 1.54) is 28.7 Å². The Labute approximate surface area is 261 Å². The van der Waals surface area contributed by atoms with Gasteiger partial charge in [0.2, 0.25) is 0 Å². The van der Waals surface area contributed by atoms with Crippen LogP contribution < -0.4 is 5.73 Å². The zero-order valence-corrected chi connectivity index (χ0v) is 27.7. The summed E-state index contributed by atoms with van der Waals surface area (Å²) in [6, 6.07) is 9.15. The SMILES string of the molecule is CC.CCC.Cc1ccc2c(c1)CCc1cc(Br)cnc1C2N1CCN(C(=O)CC2CCN(C(N)=BN=O)CC2)CC1. The second-order valence-electron chi connectivity index (χ2n) is 11.2. The number of carbonyl (C=O) groups is 1. The number of benzene rings is 1. The van der Waals surface area contributed by atoms with E-state index in [9.17, 15) is 9.70 Å². The van der Waals surface area contributed by atoms with Crippen molar-refractivity contribution in [2.45, 2.75) is 79.2 Å². The van der Waals surface area contributed by atoms with Crippen LogP contribution in [0.2, 0.25) is 0 Å². The van der Waals surface area contributed by atoms with Crippen molar-refractivity contribution in [1.29, 1.82) is 0 Å². The van der Waals surface area contributed by atoms with Crippen molar-refractivity contribution in [1.82, 2.24) is 19.7 Å². The Morgan fingerprint density at radius 2 is 1.67 bits per heavy atom. The summed E-state index contributed by atoms with van der Waals surface area (Å²) in [5.41, 5.74) is 12.8. The van der Waals surface area contributed by atoms with Crippen molar-refractivity contribution >= 4 is 34.6 Å². The van der Waals surface area contributed by atoms with E-state index in [0.29, 0.717) is 18.0 Å². The number of piperidine rings is 1. The van der Waals surface area contributed by atoms with Crippen LogP contribution >= 0.6 is 15.9 Å². The monoisotopic (exact) mass is 638 g/mol. The van der Waals surface area contributed by atoms with Gasteiger partial charge in [0.25, 0.3) is 0 Å². The number of rotatable bonds is 5. The van der Waals surface area contributed by atoms with Crippen LogP contribution in [0, 0.1) is 17.7 Å². The van der Waals surface area contributed by atoms with Crippen molar-refractivity contribution < 1.29 is 4.79 Å². The number of aryl methyl sites for hydroxylation is 3. The first-order valence-electron chi connectivity index (χ1n) is 15.6. The molecule has 2 aromatic rings. The van der Waals surface area contributed by atoms with Crippen LogP contribution in [0.5, 0.6) is 0 Å². The minimum absolute atomic E-state index is 0.113. The summed E-state index contributed by atoms with van der Waals surface area (Å²) in [7, 11) is 1.16. The molecule has 2 N–H and O–H groups in total. The molecule has 42 heavy (non-hydrogen) atoms. The second kappa shape index (κ2) is 16.9. The van der Waals surface area contributed by atoms with Gasteiger partial charge in [0.1, 0.15) is 0 Å². The molecule has 2 saturated heterocycles. The van der Waals surface area contributed by atoms with Crippen molar-refractivity contribution in [2.24, 2.45) is 16.7 Å². The number of likely N-dealkylation sites (tertiary alicyclic amines) is 1. The molecule has 1 amide bonds. The summed E-state index contributed by atoms with van der Waals surface area (Å²) in [5, 5.41) is 2.77. The number of amides is 1. The number of hydrogen-bond donors (Lipinski definition) is 1. The molecular weight excluding hydrogens is 591 g/mol. The third-order valence-corrected chi connectivity index (χ3v) is 8.58. The quantitative estimate of drug-likeness (QED) is 0.345. The van der Waals surface area contributed by atoms with Gasteiger partial charge >= 0.3 is 124 Å². The van der Waals surface area contributed by atoms with Gasteiger partial charge in [-0.15, -0.1) is 0 Å². The Hall–Kier alpha value is -2.59. The Bertz CT molecular complexity index is 1160. The molecule has 0 bridgehead atoms. The van der Waals surface area contributed by atoms with Crippen LogP contribution in [-0.4, -0.2) is 77.6 Å². The summed E-state index contributed by atoms with van der Waals surface area (Å²) >= 11 is 3.61. The number of nitrogens with zero attached hydrogens (tertiary/aromatic N) is 5. The maximum atomic E-state index is 13.2. The van der Waals surface area contributed by atoms with E-state index >= 15 is 0 Å². The first-order valence-corrected chi connectivity index (χ1v) is 16.4. The fourth-order valence-electron chi connectivity index (χ4n) is 6.08. The van der Waals surface area contributed by atoms with Gasteiger partial charge in [0.05, 0.1) is 5.69 Å². The molecule has 1 aromatic heterocycles. The van der Waals surface area contributed by atoms with E-state index in [2.05, 4.69) is 71.0 Å². The molecule has 0 spiro atoms. The minimum atomic E-state index is 0.113. The van der Waals surface area contributed by atoms with Crippen LogP contribution in [0.3, 0.4) is 0 Å². The molecule has 1 atom stereocenters. The van der Waals surface area contributed by atoms with Gasteiger partial charge in [0, 0.05) is 10.7 Å². The Kier molecular flexibility index (Phi) is 13.6. The van der Waals surface area contributed by atoms with Crippen LogP contribution in [0.1, 0.15) is 87.4 Å². The predicted molar refractivity (Wildman–Crippen MR) is 177 cm³/mol. The maximum absolute atomic E-state index is 13.2. The van der Waals surface area contributed by atoms with Crippen molar-refractivity contribution in [3.63, 3.8) is 0 Å². The van der Waals surface area contributed by atoms with E-state index < -0.39 is 0 Å². The molecule has 1 unspecified atom stereocenters.